The van der Waals surface area contributed by atoms with E-state index in [1.165, 1.54) is 35.7 Å². The van der Waals surface area contributed by atoms with Gasteiger partial charge in [-0.2, -0.15) is 0 Å². The van der Waals surface area contributed by atoms with E-state index in [0.29, 0.717) is 5.73 Å². The maximum atomic E-state index is 6.30. The first-order chi connectivity index (χ1) is 10.4. The normalized spacial score (nSPS) is 19.4. The molecule has 110 valence electrons. The van der Waals surface area contributed by atoms with Gasteiger partial charge in [-0.3, -0.25) is 0 Å². The fourth-order valence-corrected chi connectivity index (χ4v) is 8.80. The first-order valence-electron chi connectivity index (χ1n) is 8.10. The molecule has 1 saturated heterocycles. The predicted octanol–water partition coefficient (Wildman–Crippen LogP) is 3.38. The second-order valence-corrected chi connectivity index (χ2v) is 10.4. The summed E-state index contributed by atoms with van der Waals surface area (Å²) in [5.74, 6) is 0. The van der Waals surface area contributed by atoms with Crippen LogP contribution in [0.3, 0.4) is 0 Å². The Morgan fingerprint density at radius 3 is 1.90 bits per heavy atom. The Bertz CT molecular complexity index is 507. The Balaban J connectivity index is 2.12. The molecule has 1 nitrogen and oxygen atoms in total. The van der Waals surface area contributed by atoms with Gasteiger partial charge in [-0.05, 0) is 19.3 Å². The summed E-state index contributed by atoms with van der Waals surface area (Å²) in [5, 5.41) is 3.04. The Labute approximate surface area is 129 Å². The van der Waals surface area contributed by atoms with Gasteiger partial charge in [-0.25, -0.2) is 0 Å². The quantitative estimate of drug-likeness (QED) is 0.786. The average molecular weight is 296 g/mol. The molecule has 1 atom stereocenters. The first kappa shape index (κ1) is 14.5. The van der Waals surface area contributed by atoms with Crippen LogP contribution in [0.4, 0.5) is 0 Å². The lowest BCUT2D eigenvalue weighted by Gasteiger charge is -2.41. The van der Waals surface area contributed by atoms with Crippen LogP contribution in [0.15, 0.2) is 60.7 Å². The van der Waals surface area contributed by atoms with Crippen LogP contribution in [0.1, 0.15) is 26.2 Å². The molecule has 1 unspecified atom stereocenters. The molecule has 21 heavy (non-hydrogen) atoms. The van der Waals surface area contributed by atoms with Crippen LogP contribution in [0, 0.1) is 0 Å². The predicted molar refractivity (Wildman–Crippen MR) is 92.0 cm³/mol. The molecule has 1 fully saturated rings. The highest BCUT2D eigenvalue weighted by Gasteiger charge is 2.44. The van der Waals surface area contributed by atoms with E-state index in [1.54, 1.807) is 0 Å². The van der Waals surface area contributed by atoms with Crippen molar-refractivity contribution in [1.82, 2.24) is 0 Å². The number of rotatable bonds is 4. The number of ether oxygens (including phenoxy) is 1. The second-order valence-electron chi connectivity index (χ2n) is 5.91. The van der Waals surface area contributed by atoms with Gasteiger partial charge in [-0.15, -0.1) is 0 Å². The fraction of sp³-hybridized carbons (Fsp3) is 0.368. The molecular formula is C19H24OSi. The van der Waals surface area contributed by atoms with Gasteiger partial charge in [0.25, 0.3) is 0 Å². The van der Waals surface area contributed by atoms with Crippen molar-refractivity contribution >= 4 is 18.4 Å². The molecule has 0 aliphatic carbocycles. The highest BCUT2D eigenvalue weighted by atomic mass is 28.3. The molecule has 0 spiro atoms. The smallest absolute Gasteiger partial charge is 0.148 e. The van der Waals surface area contributed by atoms with E-state index in [2.05, 4.69) is 67.6 Å². The highest BCUT2D eigenvalue weighted by molar-refractivity contribution is 7.03. The molecule has 1 aliphatic rings. The summed E-state index contributed by atoms with van der Waals surface area (Å²) in [6, 6.07) is 23.4. The van der Waals surface area contributed by atoms with E-state index in [-0.39, 0.29) is 0 Å². The van der Waals surface area contributed by atoms with Crippen molar-refractivity contribution < 1.29 is 4.74 Å². The SMILES string of the molecule is CC[Si](c1ccccc1)(c1ccccc1)C1CCCCO1. The van der Waals surface area contributed by atoms with Gasteiger partial charge in [0, 0.05) is 6.61 Å². The lowest BCUT2D eigenvalue weighted by Crippen LogP contribution is -2.67. The summed E-state index contributed by atoms with van der Waals surface area (Å²) in [7, 11) is -1.84. The number of hydrogen-bond acceptors (Lipinski definition) is 1. The van der Waals surface area contributed by atoms with Crippen LogP contribution < -0.4 is 10.4 Å². The molecule has 1 aliphatic heterocycles. The summed E-state index contributed by atoms with van der Waals surface area (Å²) in [4.78, 5) is 0. The molecule has 2 heteroatoms. The topological polar surface area (TPSA) is 9.23 Å². The van der Waals surface area contributed by atoms with E-state index in [1.807, 2.05) is 0 Å². The summed E-state index contributed by atoms with van der Waals surface area (Å²) in [6.45, 7) is 3.28. The van der Waals surface area contributed by atoms with Crippen molar-refractivity contribution in [2.45, 2.75) is 38.0 Å². The average Bonchev–Trinajstić information content (AvgIpc) is 2.59. The summed E-state index contributed by atoms with van der Waals surface area (Å²) in [6.07, 6.45) is 3.73. The van der Waals surface area contributed by atoms with Crippen LogP contribution in [0.25, 0.3) is 0 Å². The molecular weight excluding hydrogens is 272 g/mol. The minimum Gasteiger partial charge on any atom is -0.381 e. The van der Waals surface area contributed by atoms with Crippen LogP contribution in [-0.4, -0.2) is 20.4 Å². The number of hydrogen-bond donors (Lipinski definition) is 0. The third-order valence-electron chi connectivity index (χ3n) is 4.86. The van der Waals surface area contributed by atoms with Gasteiger partial charge in [0.2, 0.25) is 0 Å². The number of benzene rings is 2. The third kappa shape index (κ3) is 2.70. The standard InChI is InChI=1S/C19H24OSi/c1-2-21(17-11-5-3-6-12-17,18-13-7-4-8-14-18)19-15-9-10-16-20-19/h3-8,11-14,19H,2,9-10,15-16H2,1H3. The fourth-order valence-electron chi connectivity index (χ4n) is 3.77. The van der Waals surface area contributed by atoms with Gasteiger partial charge in [0.05, 0.1) is 5.73 Å². The molecule has 2 aromatic carbocycles. The molecule has 2 aromatic rings. The van der Waals surface area contributed by atoms with Crippen molar-refractivity contribution in [3.63, 3.8) is 0 Å². The maximum absolute atomic E-state index is 6.30. The van der Waals surface area contributed by atoms with Crippen molar-refractivity contribution in [2.75, 3.05) is 6.61 Å². The highest BCUT2D eigenvalue weighted by Crippen LogP contribution is 2.25. The first-order valence-corrected chi connectivity index (χ1v) is 10.4. The monoisotopic (exact) mass is 296 g/mol. The Morgan fingerprint density at radius 1 is 0.905 bits per heavy atom. The molecule has 3 rings (SSSR count). The Kier molecular flexibility index (Phi) is 4.56. The van der Waals surface area contributed by atoms with Crippen LogP contribution in [-0.2, 0) is 4.74 Å². The van der Waals surface area contributed by atoms with Crippen molar-refractivity contribution in [3.8, 4) is 0 Å². The largest absolute Gasteiger partial charge is 0.381 e. The second kappa shape index (κ2) is 6.59. The van der Waals surface area contributed by atoms with Crippen molar-refractivity contribution in [2.24, 2.45) is 0 Å². The zero-order valence-electron chi connectivity index (χ0n) is 12.8. The Morgan fingerprint density at radius 2 is 1.48 bits per heavy atom. The zero-order valence-corrected chi connectivity index (χ0v) is 13.8. The summed E-state index contributed by atoms with van der Waals surface area (Å²) >= 11 is 0. The minimum atomic E-state index is -1.84. The molecule has 1 heterocycles. The minimum absolute atomic E-state index is 0.418. The molecule has 0 N–H and O–H groups in total. The van der Waals surface area contributed by atoms with Gasteiger partial charge < -0.3 is 4.74 Å². The maximum Gasteiger partial charge on any atom is 0.148 e. The lowest BCUT2D eigenvalue weighted by atomic mass is 10.2. The van der Waals surface area contributed by atoms with Crippen LogP contribution in [0.2, 0.25) is 6.04 Å². The van der Waals surface area contributed by atoms with Crippen molar-refractivity contribution in [3.05, 3.63) is 60.7 Å². The van der Waals surface area contributed by atoms with E-state index < -0.39 is 8.07 Å². The van der Waals surface area contributed by atoms with Gasteiger partial charge >= 0.3 is 0 Å². The molecule has 0 bridgehead atoms. The molecule has 0 saturated carbocycles. The summed E-state index contributed by atoms with van der Waals surface area (Å²) < 4.78 is 6.30. The van der Waals surface area contributed by atoms with E-state index in [9.17, 15) is 0 Å². The van der Waals surface area contributed by atoms with Crippen molar-refractivity contribution in [1.29, 1.82) is 0 Å². The molecule has 0 radical (unpaired) electrons. The van der Waals surface area contributed by atoms with Gasteiger partial charge in [-0.1, -0.05) is 84.0 Å². The molecule has 0 aromatic heterocycles. The Hall–Kier alpha value is -1.38. The van der Waals surface area contributed by atoms with Crippen LogP contribution in [0.5, 0.6) is 0 Å². The van der Waals surface area contributed by atoms with E-state index in [0.717, 1.165) is 6.61 Å². The van der Waals surface area contributed by atoms with Gasteiger partial charge in [0.15, 0.2) is 0 Å². The zero-order chi connectivity index (χ0) is 14.5. The van der Waals surface area contributed by atoms with E-state index >= 15 is 0 Å². The summed E-state index contributed by atoms with van der Waals surface area (Å²) in [5.41, 5.74) is 0.418. The van der Waals surface area contributed by atoms with Gasteiger partial charge in [0.1, 0.15) is 8.07 Å². The molecule has 0 amide bonds. The van der Waals surface area contributed by atoms with E-state index in [4.69, 9.17) is 4.74 Å². The van der Waals surface area contributed by atoms with Crippen LogP contribution >= 0.6 is 0 Å². The lowest BCUT2D eigenvalue weighted by molar-refractivity contribution is 0.0614. The third-order valence-corrected chi connectivity index (χ3v) is 10.3.